The summed E-state index contributed by atoms with van der Waals surface area (Å²) in [6.07, 6.45) is 2.12. The predicted octanol–water partition coefficient (Wildman–Crippen LogP) is 4.93. The summed E-state index contributed by atoms with van der Waals surface area (Å²) in [7, 11) is 0. The summed E-state index contributed by atoms with van der Waals surface area (Å²) < 4.78 is 11.5. The Hall–Kier alpha value is -2.24. The maximum atomic E-state index is 12.6. The van der Waals surface area contributed by atoms with E-state index in [2.05, 4.69) is 19.2 Å². The van der Waals surface area contributed by atoms with Crippen molar-refractivity contribution >= 4 is 18.2 Å². The van der Waals surface area contributed by atoms with Crippen molar-refractivity contribution in [2.75, 3.05) is 5.32 Å². The third kappa shape index (κ3) is 5.63. The van der Waals surface area contributed by atoms with Gasteiger partial charge in [0, 0.05) is 12.1 Å². The van der Waals surface area contributed by atoms with Gasteiger partial charge in [0.15, 0.2) is 0 Å². The van der Waals surface area contributed by atoms with Crippen LogP contribution in [0.2, 0.25) is 0 Å². The Kier molecular flexibility index (Phi) is 6.96. The number of anilines is 1. The van der Waals surface area contributed by atoms with Crippen LogP contribution in [-0.2, 0) is 9.53 Å². The van der Waals surface area contributed by atoms with Crippen LogP contribution in [0.5, 0.6) is 5.75 Å². The minimum atomic E-state index is -0.502. The van der Waals surface area contributed by atoms with Crippen LogP contribution in [0, 0.1) is 0 Å². The number of rotatable bonds is 5. The first-order chi connectivity index (χ1) is 13.0. The fraction of sp³-hybridized carbons (Fsp3) is 0.636. The van der Waals surface area contributed by atoms with Crippen molar-refractivity contribution in [2.24, 2.45) is 0 Å². The van der Waals surface area contributed by atoms with E-state index in [1.165, 1.54) is 0 Å². The molecule has 1 aromatic carbocycles. The number of benzene rings is 1. The Balaban J connectivity index is 2.19. The molecule has 0 bridgehead atoms. The molecule has 0 spiro atoms. The third-order valence-corrected chi connectivity index (χ3v) is 4.86. The first-order valence-electron chi connectivity index (χ1n) is 10.0. The van der Waals surface area contributed by atoms with E-state index in [0.717, 1.165) is 18.4 Å². The van der Waals surface area contributed by atoms with Crippen molar-refractivity contribution in [1.29, 1.82) is 0 Å². The number of nitrogens with zero attached hydrogens (tertiary/aromatic N) is 1. The maximum absolute atomic E-state index is 12.6. The summed E-state index contributed by atoms with van der Waals surface area (Å²) >= 11 is 0. The Bertz CT molecular complexity index is 684. The fourth-order valence-corrected chi connectivity index (χ4v) is 3.86. The highest BCUT2D eigenvalue weighted by atomic mass is 16.6. The first-order valence-corrected chi connectivity index (χ1v) is 10.0. The second-order valence-electron chi connectivity index (χ2n) is 8.94. The summed E-state index contributed by atoms with van der Waals surface area (Å²) in [5.41, 5.74) is 1.33. The lowest BCUT2D eigenvalue weighted by atomic mass is 9.82. The lowest BCUT2D eigenvalue weighted by Crippen LogP contribution is -2.51. The molecule has 28 heavy (non-hydrogen) atoms. The topological polar surface area (TPSA) is 67.9 Å². The molecule has 1 saturated heterocycles. The SMILES string of the molecule is CC(C)Oc1cc(C2C[C@H](C)N(C(=O)OC(C)(C)C)[C@@H](C)C2)ccc1NC=O. The Morgan fingerprint density at radius 3 is 2.32 bits per heavy atom. The molecular weight excluding hydrogens is 356 g/mol. The van der Waals surface area contributed by atoms with E-state index >= 15 is 0 Å². The molecule has 1 heterocycles. The molecule has 0 unspecified atom stereocenters. The van der Waals surface area contributed by atoms with Crippen LogP contribution in [0.25, 0.3) is 0 Å². The van der Waals surface area contributed by atoms with Gasteiger partial charge in [-0.05, 0) is 84.9 Å². The van der Waals surface area contributed by atoms with Crippen LogP contribution >= 0.6 is 0 Å². The fourth-order valence-electron chi connectivity index (χ4n) is 3.86. The molecule has 1 fully saturated rings. The van der Waals surface area contributed by atoms with Crippen LogP contribution in [0.4, 0.5) is 10.5 Å². The van der Waals surface area contributed by atoms with Gasteiger partial charge in [-0.1, -0.05) is 6.07 Å². The number of likely N-dealkylation sites (tertiary alicyclic amines) is 1. The third-order valence-electron chi connectivity index (χ3n) is 4.86. The number of hydrogen-bond donors (Lipinski definition) is 1. The van der Waals surface area contributed by atoms with Crippen LogP contribution in [-0.4, -0.2) is 41.2 Å². The molecule has 0 aliphatic carbocycles. The summed E-state index contributed by atoms with van der Waals surface area (Å²) in [6.45, 7) is 13.7. The van der Waals surface area contributed by atoms with E-state index in [1.54, 1.807) is 0 Å². The molecular formula is C22H34N2O4. The van der Waals surface area contributed by atoms with E-state index in [1.807, 2.05) is 57.7 Å². The number of nitrogens with one attached hydrogen (secondary N) is 1. The molecule has 0 aromatic heterocycles. The van der Waals surface area contributed by atoms with Gasteiger partial charge in [0.05, 0.1) is 11.8 Å². The Morgan fingerprint density at radius 2 is 1.82 bits per heavy atom. The Labute approximate surface area is 168 Å². The highest BCUT2D eigenvalue weighted by molar-refractivity contribution is 5.75. The van der Waals surface area contributed by atoms with Crippen LogP contribution in [0.1, 0.15) is 72.8 Å². The number of hydrogen-bond acceptors (Lipinski definition) is 4. The second kappa shape index (κ2) is 8.84. The molecule has 156 valence electrons. The molecule has 2 amide bonds. The average molecular weight is 391 g/mol. The number of ether oxygens (including phenoxy) is 2. The standard InChI is InChI=1S/C22H34N2O4/c1-14(2)27-20-12-17(8-9-19(20)23-13-25)18-10-15(3)24(16(4)11-18)21(26)28-22(5,6)7/h8-9,12-16,18H,10-11H2,1-7H3,(H,23,25)/t15-,16-/m0/s1. The monoisotopic (exact) mass is 390 g/mol. The van der Waals surface area contributed by atoms with E-state index in [4.69, 9.17) is 9.47 Å². The van der Waals surface area contributed by atoms with Gasteiger partial charge in [-0.25, -0.2) is 4.79 Å². The second-order valence-corrected chi connectivity index (χ2v) is 8.94. The Morgan fingerprint density at radius 1 is 1.21 bits per heavy atom. The molecule has 2 atom stereocenters. The minimum Gasteiger partial charge on any atom is -0.489 e. The molecule has 1 aromatic rings. The predicted molar refractivity (Wildman–Crippen MR) is 111 cm³/mol. The lowest BCUT2D eigenvalue weighted by Gasteiger charge is -2.43. The largest absolute Gasteiger partial charge is 0.489 e. The maximum Gasteiger partial charge on any atom is 0.410 e. The number of amides is 2. The molecule has 1 N–H and O–H groups in total. The summed E-state index contributed by atoms with van der Waals surface area (Å²) in [4.78, 5) is 25.3. The van der Waals surface area contributed by atoms with E-state index < -0.39 is 5.60 Å². The van der Waals surface area contributed by atoms with Crippen molar-refractivity contribution in [3.63, 3.8) is 0 Å². The molecule has 6 heteroatoms. The molecule has 0 radical (unpaired) electrons. The summed E-state index contributed by atoms with van der Waals surface area (Å²) in [5, 5.41) is 2.70. The van der Waals surface area contributed by atoms with Crippen LogP contribution in [0.15, 0.2) is 18.2 Å². The van der Waals surface area contributed by atoms with E-state index in [-0.39, 0.29) is 24.3 Å². The van der Waals surface area contributed by atoms with Gasteiger partial charge in [-0.2, -0.15) is 0 Å². The van der Waals surface area contributed by atoms with Crippen LogP contribution in [0.3, 0.4) is 0 Å². The molecule has 0 saturated carbocycles. The summed E-state index contributed by atoms with van der Waals surface area (Å²) in [5.74, 6) is 0.984. The smallest absolute Gasteiger partial charge is 0.410 e. The van der Waals surface area contributed by atoms with Gasteiger partial charge in [-0.3, -0.25) is 4.79 Å². The minimum absolute atomic E-state index is 0.00863. The molecule has 2 rings (SSSR count). The zero-order chi connectivity index (χ0) is 21.1. The molecule has 1 aliphatic rings. The molecule has 1 aliphatic heterocycles. The number of carbonyl (C=O) groups is 2. The van der Waals surface area contributed by atoms with Gasteiger partial charge in [0.25, 0.3) is 0 Å². The van der Waals surface area contributed by atoms with Gasteiger partial charge >= 0.3 is 6.09 Å². The number of piperidine rings is 1. The highest BCUT2D eigenvalue weighted by Gasteiger charge is 2.37. The summed E-state index contributed by atoms with van der Waals surface area (Å²) in [6, 6.07) is 6.08. The number of carbonyl (C=O) groups excluding carboxylic acids is 2. The van der Waals surface area contributed by atoms with Crippen molar-refractivity contribution in [2.45, 2.75) is 91.0 Å². The normalized spacial score (nSPS) is 22.7. The van der Waals surface area contributed by atoms with Gasteiger partial charge in [0.2, 0.25) is 6.41 Å². The quantitative estimate of drug-likeness (QED) is 0.724. The highest BCUT2D eigenvalue weighted by Crippen LogP contribution is 2.38. The first kappa shape index (κ1) is 22.1. The van der Waals surface area contributed by atoms with Crippen molar-refractivity contribution in [3.8, 4) is 5.75 Å². The van der Waals surface area contributed by atoms with Gasteiger partial charge < -0.3 is 19.7 Å². The van der Waals surface area contributed by atoms with E-state index in [0.29, 0.717) is 23.8 Å². The lowest BCUT2D eigenvalue weighted by molar-refractivity contribution is -0.105. The van der Waals surface area contributed by atoms with Gasteiger partial charge in [0.1, 0.15) is 11.4 Å². The van der Waals surface area contributed by atoms with Gasteiger partial charge in [-0.15, -0.1) is 0 Å². The van der Waals surface area contributed by atoms with Crippen molar-refractivity contribution < 1.29 is 19.1 Å². The zero-order valence-corrected chi connectivity index (χ0v) is 18.1. The average Bonchev–Trinajstić information content (AvgIpc) is 2.53. The zero-order valence-electron chi connectivity index (χ0n) is 18.1. The molecule has 6 nitrogen and oxygen atoms in total. The van der Waals surface area contributed by atoms with Crippen molar-refractivity contribution in [1.82, 2.24) is 4.90 Å². The van der Waals surface area contributed by atoms with E-state index in [9.17, 15) is 9.59 Å². The van der Waals surface area contributed by atoms with Crippen LogP contribution < -0.4 is 10.1 Å². The van der Waals surface area contributed by atoms with Crippen molar-refractivity contribution in [3.05, 3.63) is 23.8 Å².